The van der Waals surface area contributed by atoms with Crippen molar-refractivity contribution in [3.8, 4) is 11.5 Å². The van der Waals surface area contributed by atoms with Crippen molar-refractivity contribution in [2.24, 2.45) is 0 Å². The van der Waals surface area contributed by atoms with Crippen LogP contribution in [-0.4, -0.2) is 50.8 Å². The molecule has 22 heavy (non-hydrogen) atoms. The molecule has 0 aromatic heterocycles. The van der Waals surface area contributed by atoms with E-state index in [1.54, 1.807) is 7.11 Å². The van der Waals surface area contributed by atoms with Gasteiger partial charge < -0.3 is 19.7 Å². The molecule has 2 unspecified atom stereocenters. The molecule has 2 aliphatic rings. The van der Waals surface area contributed by atoms with Gasteiger partial charge in [-0.05, 0) is 69.9 Å². The average molecular weight is 304 g/mol. The highest BCUT2D eigenvalue weighted by molar-refractivity contribution is 5.43. The highest BCUT2D eigenvalue weighted by atomic mass is 16.5. The first-order chi connectivity index (χ1) is 10.7. The van der Waals surface area contributed by atoms with Crippen molar-refractivity contribution < 1.29 is 9.47 Å². The molecule has 0 bridgehead atoms. The monoisotopic (exact) mass is 304 g/mol. The van der Waals surface area contributed by atoms with Crippen molar-refractivity contribution in [3.63, 3.8) is 0 Å². The number of benzene rings is 1. The van der Waals surface area contributed by atoms with Gasteiger partial charge in [0.25, 0.3) is 0 Å². The van der Waals surface area contributed by atoms with Crippen molar-refractivity contribution in [1.29, 1.82) is 0 Å². The number of hydrogen-bond donors (Lipinski definition) is 1. The fourth-order valence-electron chi connectivity index (χ4n) is 3.55. The lowest BCUT2D eigenvalue weighted by Gasteiger charge is -2.30. The minimum Gasteiger partial charge on any atom is -0.493 e. The molecule has 0 spiro atoms. The molecule has 3 rings (SSSR count). The third-order valence-corrected chi connectivity index (χ3v) is 4.75. The maximum Gasteiger partial charge on any atom is 0.161 e. The van der Waals surface area contributed by atoms with Crippen molar-refractivity contribution in [2.45, 2.75) is 44.2 Å². The number of likely N-dealkylation sites (tertiary alicyclic amines) is 1. The van der Waals surface area contributed by atoms with E-state index in [0.717, 1.165) is 37.4 Å². The molecule has 0 saturated carbocycles. The Bertz CT molecular complexity index is 486. The highest BCUT2D eigenvalue weighted by Gasteiger charge is 2.21. The Morgan fingerprint density at radius 2 is 2.14 bits per heavy atom. The molecule has 4 nitrogen and oxygen atoms in total. The summed E-state index contributed by atoms with van der Waals surface area (Å²) in [6.07, 6.45) is 6.24. The number of rotatable bonds is 5. The molecule has 0 radical (unpaired) electrons. The van der Waals surface area contributed by atoms with E-state index in [9.17, 15) is 0 Å². The second-order valence-electron chi connectivity index (χ2n) is 6.63. The number of nitrogens with one attached hydrogen (secondary N) is 1. The van der Waals surface area contributed by atoms with E-state index in [4.69, 9.17) is 9.47 Å². The Morgan fingerprint density at radius 3 is 2.86 bits per heavy atom. The Balaban J connectivity index is 1.69. The lowest BCUT2D eigenvalue weighted by molar-refractivity contribution is 0.101. The van der Waals surface area contributed by atoms with Crippen molar-refractivity contribution >= 4 is 0 Å². The standard InChI is InChI=1S/C18H28N2O2/c1-20-10-4-6-16(13-20)22-18-12-14(7-8-17(18)21-2)11-15-5-3-9-19-15/h7-8,12,15-16,19H,3-6,9-11,13H2,1-2H3. The molecule has 2 atom stereocenters. The van der Waals surface area contributed by atoms with Crippen LogP contribution in [0.5, 0.6) is 11.5 Å². The third kappa shape index (κ3) is 3.93. The first-order valence-corrected chi connectivity index (χ1v) is 8.50. The summed E-state index contributed by atoms with van der Waals surface area (Å²) in [5.41, 5.74) is 1.33. The maximum absolute atomic E-state index is 6.27. The molecule has 2 saturated heterocycles. The minimum atomic E-state index is 0.271. The summed E-state index contributed by atoms with van der Waals surface area (Å²) in [6, 6.07) is 7.00. The smallest absolute Gasteiger partial charge is 0.161 e. The molecule has 1 aromatic rings. The van der Waals surface area contributed by atoms with Gasteiger partial charge in [-0.1, -0.05) is 6.07 Å². The lowest BCUT2D eigenvalue weighted by Crippen LogP contribution is -2.38. The van der Waals surface area contributed by atoms with Gasteiger partial charge in [0.2, 0.25) is 0 Å². The number of nitrogens with zero attached hydrogens (tertiary/aromatic N) is 1. The van der Waals surface area contributed by atoms with Gasteiger partial charge in [-0.25, -0.2) is 0 Å². The van der Waals surface area contributed by atoms with Crippen molar-refractivity contribution in [1.82, 2.24) is 10.2 Å². The summed E-state index contributed by atoms with van der Waals surface area (Å²) in [7, 11) is 3.88. The second kappa shape index (κ2) is 7.34. The summed E-state index contributed by atoms with van der Waals surface area (Å²) in [6.45, 7) is 3.32. The van der Waals surface area contributed by atoms with E-state index in [1.807, 2.05) is 6.07 Å². The summed E-state index contributed by atoms with van der Waals surface area (Å²) >= 11 is 0. The molecule has 1 aromatic carbocycles. The third-order valence-electron chi connectivity index (χ3n) is 4.75. The van der Waals surface area contributed by atoms with Crippen LogP contribution in [0.25, 0.3) is 0 Å². The Hall–Kier alpha value is -1.26. The maximum atomic E-state index is 6.27. The molecular formula is C18H28N2O2. The quantitative estimate of drug-likeness (QED) is 0.906. The summed E-state index contributed by atoms with van der Waals surface area (Å²) in [5, 5.41) is 3.56. The molecule has 2 aliphatic heterocycles. The fraction of sp³-hybridized carbons (Fsp3) is 0.667. The van der Waals surface area contributed by atoms with Gasteiger partial charge in [-0.3, -0.25) is 0 Å². The zero-order chi connectivity index (χ0) is 15.4. The van der Waals surface area contributed by atoms with E-state index in [-0.39, 0.29) is 6.10 Å². The van der Waals surface area contributed by atoms with Gasteiger partial charge in [0.05, 0.1) is 7.11 Å². The van der Waals surface area contributed by atoms with E-state index >= 15 is 0 Å². The van der Waals surface area contributed by atoms with Crippen molar-refractivity contribution in [3.05, 3.63) is 23.8 Å². The van der Waals surface area contributed by atoms with Gasteiger partial charge >= 0.3 is 0 Å². The van der Waals surface area contributed by atoms with Gasteiger partial charge in [0.1, 0.15) is 6.10 Å². The normalized spacial score (nSPS) is 26.1. The predicted molar refractivity (Wildman–Crippen MR) is 88.9 cm³/mol. The minimum absolute atomic E-state index is 0.271. The van der Waals surface area contributed by atoms with Crippen molar-refractivity contribution in [2.75, 3.05) is 33.8 Å². The highest BCUT2D eigenvalue weighted by Crippen LogP contribution is 2.31. The number of likely N-dealkylation sites (N-methyl/N-ethyl adjacent to an activating group) is 1. The molecule has 1 N–H and O–H groups in total. The van der Waals surface area contributed by atoms with Gasteiger partial charge in [0, 0.05) is 12.6 Å². The van der Waals surface area contributed by atoms with Gasteiger partial charge in [-0.2, -0.15) is 0 Å². The first kappa shape index (κ1) is 15.6. The largest absolute Gasteiger partial charge is 0.493 e. The topological polar surface area (TPSA) is 33.7 Å². The van der Waals surface area contributed by atoms with Crippen LogP contribution in [0.1, 0.15) is 31.2 Å². The van der Waals surface area contributed by atoms with Crippen LogP contribution in [0, 0.1) is 0 Å². The van der Waals surface area contributed by atoms with E-state index in [2.05, 4.69) is 29.4 Å². The second-order valence-corrected chi connectivity index (χ2v) is 6.63. The van der Waals surface area contributed by atoms with Gasteiger partial charge in [0.15, 0.2) is 11.5 Å². The summed E-state index contributed by atoms with van der Waals surface area (Å²) in [4.78, 5) is 2.34. The zero-order valence-electron chi connectivity index (χ0n) is 13.8. The summed E-state index contributed by atoms with van der Waals surface area (Å²) in [5.74, 6) is 1.75. The Kier molecular flexibility index (Phi) is 5.21. The van der Waals surface area contributed by atoms with E-state index in [0.29, 0.717) is 6.04 Å². The summed E-state index contributed by atoms with van der Waals surface area (Å²) < 4.78 is 11.8. The molecule has 4 heteroatoms. The zero-order valence-corrected chi connectivity index (χ0v) is 13.8. The molecule has 0 amide bonds. The number of hydrogen-bond acceptors (Lipinski definition) is 4. The molecule has 2 heterocycles. The van der Waals surface area contributed by atoms with Crippen LogP contribution >= 0.6 is 0 Å². The molecule has 2 fully saturated rings. The van der Waals surface area contributed by atoms with Crippen LogP contribution in [0.4, 0.5) is 0 Å². The van der Waals surface area contributed by atoms with Crippen LogP contribution in [0.2, 0.25) is 0 Å². The van der Waals surface area contributed by atoms with Gasteiger partial charge in [-0.15, -0.1) is 0 Å². The number of ether oxygens (including phenoxy) is 2. The van der Waals surface area contributed by atoms with Crippen LogP contribution < -0.4 is 14.8 Å². The van der Waals surface area contributed by atoms with Crippen LogP contribution in [0.15, 0.2) is 18.2 Å². The Morgan fingerprint density at radius 1 is 1.23 bits per heavy atom. The number of methoxy groups -OCH3 is 1. The Labute approximate surface area is 133 Å². The molecular weight excluding hydrogens is 276 g/mol. The van der Waals surface area contributed by atoms with Crippen LogP contribution in [-0.2, 0) is 6.42 Å². The SMILES string of the molecule is COc1ccc(CC2CCCN2)cc1OC1CCCN(C)C1. The molecule has 122 valence electrons. The molecule has 0 aliphatic carbocycles. The van der Waals surface area contributed by atoms with Crippen LogP contribution in [0.3, 0.4) is 0 Å². The number of piperidine rings is 1. The average Bonchev–Trinajstić information content (AvgIpc) is 3.01. The first-order valence-electron chi connectivity index (χ1n) is 8.50. The predicted octanol–water partition coefficient (Wildman–Crippen LogP) is 2.46. The van der Waals surface area contributed by atoms with E-state index < -0.39 is 0 Å². The fourth-order valence-corrected chi connectivity index (χ4v) is 3.55. The van der Waals surface area contributed by atoms with E-state index in [1.165, 1.54) is 31.4 Å². The lowest BCUT2D eigenvalue weighted by atomic mass is 10.0.